The highest BCUT2D eigenvalue weighted by atomic mass is 79.9. The third kappa shape index (κ3) is 2.36. The van der Waals surface area contributed by atoms with Gasteiger partial charge in [0.05, 0.1) is 10.6 Å². The minimum atomic E-state index is -3.41. The third-order valence-corrected chi connectivity index (χ3v) is 5.87. The van der Waals surface area contributed by atoms with Gasteiger partial charge in [-0.2, -0.15) is 0 Å². The number of aromatic nitrogens is 2. The Balaban J connectivity index is 2.24. The maximum atomic E-state index is 11.5. The van der Waals surface area contributed by atoms with E-state index in [-0.39, 0.29) is 5.16 Å². The first-order valence-corrected chi connectivity index (χ1v) is 9.17. The SMILES string of the molecule is CS(=O)(=O)c1nccc(-c2sc3ccccc3c2Br)n1. The largest absolute Gasteiger partial charge is 0.247 e. The molecule has 3 rings (SSSR count). The summed E-state index contributed by atoms with van der Waals surface area (Å²) in [5, 5.41) is 0.936. The number of hydrogen-bond acceptors (Lipinski definition) is 5. The van der Waals surface area contributed by atoms with Crippen molar-refractivity contribution in [1.82, 2.24) is 9.97 Å². The molecule has 0 aliphatic heterocycles. The fourth-order valence-electron chi connectivity index (χ4n) is 1.82. The van der Waals surface area contributed by atoms with Gasteiger partial charge in [-0.05, 0) is 28.1 Å². The lowest BCUT2D eigenvalue weighted by Gasteiger charge is -2.00. The Hall–Kier alpha value is -1.31. The van der Waals surface area contributed by atoms with E-state index in [1.54, 1.807) is 17.4 Å². The van der Waals surface area contributed by atoms with Gasteiger partial charge in [-0.3, -0.25) is 0 Å². The molecule has 0 spiro atoms. The molecule has 0 amide bonds. The fraction of sp³-hybridized carbons (Fsp3) is 0.0769. The van der Waals surface area contributed by atoms with Crippen LogP contribution in [0.3, 0.4) is 0 Å². The molecule has 20 heavy (non-hydrogen) atoms. The lowest BCUT2D eigenvalue weighted by atomic mass is 10.2. The zero-order valence-electron chi connectivity index (χ0n) is 10.4. The quantitative estimate of drug-likeness (QED) is 0.649. The van der Waals surface area contributed by atoms with E-state index in [0.29, 0.717) is 5.69 Å². The monoisotopic (exact) mass is 368 g/mol. The second-order valence-electron chi connectivity index (χ2n) is 4.24. The molecule has 0 aliphatic rings. The Morgan fingerprint density at radius 1 is 1.20 bits per heavy atom. The van der Waals surface area contributed by atoms with E-state index in [1.807, 2.05) is 24.3 Å². The standard InChI is InChI=1S/C13H9BrN2O2S2/c1-20(17,18)13-15-7-6-9(16-13)12-11(14)8-4-2-3-5-10(8)19-12/h2-7H,1H3. The predicted octanol–water partition coefficient (Wildman–Crippen LogP) is 3.52. The number of fused-ring (bicyclic) bond motifs is 1. The number of halogens is 1. The van der Waals surface area contributed by atoms with Crippen molar-refractivity contribution < 1.29 is 8.42 Å². The van der Waals surface area contributed by atoms with Crippen LogP contribution in [0.5, 0.6) is 0 Å². The van der Waals surface area contributed by atoms with Crippen molar-refractivity contribution >= 4 is 47.2 Å². The van der Waals surface area contributed by atoms with Crippen molar-refractivity contribution in [2.75, 3.05) is 6.26 Å². The Kier molecular flexibility index (Phi) is 3.35. The Labute approximate surface area is 128 Å². The molecule has 2 heterocycles. The van der Waals surface area contributed by atoms with Crippen LogP contribution in [0, 0.1) is 0 Å². The van der Waals surface area contributed by atoms with E-state index >= 15 is 0 Å². The first-order valence-electron chi connectivity index (χ1n) is 5.67. The lowest BCUT2D eigenvalue weighted by molar-refractivity contribution is 0.593. The van der Waals surface area contributed by atoms with Gasteiger partial charge in [0.25, 0.3) is 0 Å². The van der Waals surface area contributed by atoms with Gasteiger partial charge in [0.1, 0.15) is 0 Å². The van der Waals surface area contributed by atoms with Gasteiger partial charge in [0, 0.05) is 27.0 Å². The molecule has 0 unspecified atom stereocenters. The van der Waals surface area contributed by atoms with Gasteiger partial charge in [0.15, 0.2) is 0 Å². The Morgan fingerprint density at radius 2 is 1.95 bits per heavy atom. The number of benzene rings is 1. The highest BCUT2D eigenvalue weighted by molar-refractivity contribution is 9.10. The summed E-state index contributed by atoms with van der Waals surface area (Å²) >= 11 is 5.13. The Bertz CT molecular complexity index is 904. The highest BCUT2D eigenvalue weighted by Gasteiger charge is 2.16. The second-order valence-corrected chi connectivity index (χ2v) is 7.99. The van der Waals surface area contributed by atoms with Crippen LogP contribution < -0.4 is 0 Å². The summed E-state index contributed by atoms with van der Waals surface area (Å²) in [7, 11) is -3.41. The predicted molar refractivity (Wildman–Crippen MR) is 83.7 cm³/mol. The van der Waals surface area contributed by atoms with Crippen LogP contribution in [0.2, 0.25) is 0 Å². The van der Waals surface area contributed by atoms with Crippen molar-refractivity contribution in [2.45, 2.75) is 5.16 Å². The number of nitrogens with zero attached hydrogens (tertiary/aromatic N) is 2. The summed E-state index contributed by atoms with van der Waals surface area (Å²) in [6.07, 6.45) is 2.57. The molecule has 0 N–H and O–H groups in total. The van der Waals surface area contributed by atoms with Gasteiger partial charge in [0.2, 0.25) is 15.0 Å². The first kappa shape index (κ1) is 13.7. The van der Waals surface area contributed by atoms with Gasteiger partial charge in [-0.15, -0.1) is 11.3 Å². The van der Waals surface area contributed by atoms with Crippen LogP contribution in [-0.2, 0) is 9.84 Å². The van der Waals surface area contributed by atoms with E-state index in [9.17, 15) is 8.42 Å². The summed E-state index contributed by atoms with van der Waals surface area (Å²) in [5.41, 5.74) is 0.605. The molecule has 7 heteroatoms. The molecule has 102 valence electrons. The molecule has 3 aromatic rings. The normalized spacial score (nSPS) is 11.9. The minimum Gasteiger partial charge on any atom is -0.227 e. The molecule has 0 radical (unpaired) electrons. The molecule has 0 bridgehead atoms. The molecular weight excluding hydrogens is 360 g/mol. The summed E-state index contributed by atoms with van der Waals surface area (Å²) in [6, 6.07) is 9.68. The molecule has 0 atom stereocenters. The zero-order chi connectivity index (χ0) is 14.3. The van der Waals surface area contributed by atoms with E-state index in [2.05, 4.69) is 25.9 Å². The van der Waals surface area contributed by atoms with Crippen LogP contribution in [0.4, 0.5) is 0 Å². The Morgan fingerprint density at radius 3 is 2.65 bits per heavy atom. The van der Waals surface area contributed by atoms with Crippen molar-refractivity contribution in [2.24, 2.45) is 0 Å². The van der Waals surface area contributed by atoms with Crippen LogP contribution in [0.15, 0.2) is 46.2 Å². The van der Waals surface area contributed by atoms with Gasteiger partial charge < -0.3 is 0 Å². The van der Waals surface area contributed by atoms with Gasteiger partial charge in [-0.25, -0.2) is 18.4 Å². The van der Waals surface area contributed by atoms with Gasteiger partial charge in [-0.1, -0.05) is 18.2 Å². The van der Waals surface area contributed by atoms with Crippen LogP contribution in [0.25, 0.3) is 20.7 Å². The van der Waals surface area contributed by atoms with E-state index in [0.717, 1.165) is 25.7 Å². The topological polar surface area (TPSA) is 59.9 Å². The number of rotatable bonds is 2. The fourth-order valence-corrected chi connectivity index (χ4v) is 4.33. The van der Waals surface area contributed by atoms with Crippen LogP contribution in [-0.4, -0.2) is 24.6 Å². The van der Waals surface area contributed by atoms with E-state index in [4.69, 9.17) is 0 Å². The highest BCUT2D eigenvalue weighted by Crippen LogP contribution is 2.41. The molecular formula is C13H9BrN2O2S2. The van der Waals surface area contributed by atoms with Crippen LogP contribution >= 0.6 is 27.3 Å². The molecule has 0 saturated heterocycles. The van der Waals surface area contributed by atoms with Crippen molar-refractivity contribution in [3.8, 4) is 10.6 Å². The molecule has 2 aromatic heterocycles. The van der Waals surface area contributed by atoms with Crippen LogP contribution in [0.1, 0.15) is 0 Å². The molecule has 0 fully saturated rings. The van der Waals surface area contributed by atoms with Gasteiger partial charge >= 0.3 is 0 Å². The number of sulfone groups is 1. The molecule has 1 aromatic carbocycles. The van der Waals surface area contributed by atoms with E-state index < -0.39 is 9.84 Å². The van der Waals surface area contributed by atoms with Crippen molar-refractivity contribution in [3.63, 3.8) is 0 Å². The first-order chi connectivity index (χ1) is 9.47. The minimum absolute atomic E-state index is 0.153. The molecule has 4 nitrogen and oxygen atoms in total. The smallest absolute Gasteiger partial charge is 0.227 e. The van der Waals surface area contributed by atoms with Crippen molar-refractivity contribution in [1.29, 1.82) is 0 Å². The number of thiophene rings is 1. The average molecular weight is 369 g/mol. The second kappa shape index (κ2) is 4.91. The van der Waals surface area contributed by atoms with Crippen molar-refractivity contribution in [3.05, 3.63) is 41.0 Å². The summed E-state index contributed by atoms with van der Waals surface area (Å²) < 4.78 is 25.1. The zero-order valence-corrected chi connectivity index (χ0v) is 13.6. The average Bonchev–Trinajstić information content (AvgIpc) is 2.76. The number of hydrogen-bond donors (Lipinski definition) is 0. The third-order valence-electron chi connectivity index (χ3n) is 2.73. The lowest BCUT2D eigenvalue weighted by Crippen LogP contribution is -2.03. The summed E-state index contributed by atoms with van der Waals surface area (Å²) in [6.45, 7) is 0. The summed E-state index contributed by atoms with van der Waals surface area (Å²) in [5.74, 6) is 0. The maximum absolute atomic E-state index is 11.5. The molecule has 0 aliphatic carbocycles. The molecule has 0 saturated carbocycles. The van der Waals surface area contributed by atoms with E-state index in [1.165, 1.54) is 6.20 Å². The summed E-state index contributed by atoms with van der Waals surface area (Å²) in [4.78, 5) is 8.86. The maximum Gasteiger partial charge on any atom is 0.247 e.